The predicted molar refractivity (Wildman–Crippen MR) is 195 cm³/mol. The predicted octanol–water partition coefficient (Wildman–Crippen LogP) is 10.3. The summed E-state index contributed by atoms with van der Waals surface area (Å²) in [4.78, 5) is 0. The number of fused-ring (bicyclic) bond motifs is 5. The second-order valence-electron chi connectivity index (χ2n) is 16.7. The molecule has 3 fully saturated rings. The zero-order chi connectivity index (χ0) is 32.5. The van der Waals surface area contributed by atoms with Crippen molar-refractivity contribution in [2.45, 2.75) is 111 Å². The maximum atomic E-state index is 14.7. The van der Waals surface area contributed by atoms with E-state index in [0.29, 0.717) is 24.0 Å². The van der Waals surface area contributed by atoms with E-state index < -0.39 is 7.29 Å². The largest absolute Gasteiger partial charge is 0.377 e. The van der Waals surface area contributed by atoms with Crippen molar-refractivity contribution in [2.24, 2.45) is 46.3 Å². The summed E-state index contributed by atoms with van der Waals surface area (Å²) in [6.45, 7) is 13.9. The third kappa shape index (κ3) is 6.40. The van der Waals surface area contributed by atoms with Crippen LogP contribution in [0.3, 0.4) is 0 Å². The van der Waals surface area contributed by atoms with E-state index in [1.807, 2.05) is 72.4 Å². The third-order valence-electron chi connectivity index (χ3n) is 13.7. The van der Waals surface area contributed by atoms with Crippen molar-refractivity contribution in [1.29, 1.82) is 0 Å². The summed E-state index contributed by atoms with van der Waals surface area (Å²) in [7, 11) is -0.927. The molecule has 0 saturated heterocycles. The standard InChI is InChI=1S/C42H62NO2P/c1-31(2)14-13-15-32(3)38-22-23-39-37-21-20-33-30-34(24-26-41(33,4)40(37)25-27-42(38,39)5)45-29-28-43(6)46(44,35-16-9-7-10-17-35)36-18-11-8-12-19-36/h7-12,16-20,31-32,34,37-40H,13-15,21-30H2,1-6H3/t32-,34+,37?,38-,39?,40?,41+,42-/m1/s1. The first-order valence-electron chi connectivity index (χ1n) is 18.8. The van der Waals surface area contributed by atoms with Gasteiger partial charge in [-0.25, -0.2) is 4.67 Å². The first kappa shape index (κ1) is 34.2. The van der Waals surface area contributed by atoms with Gasteiger partial charge in [-0.2, -0.15) is 0 Å². The van der Waals surface area contributed by atoms with E-state index in [-0.39, 0.29) is 6.10 Å². The minimum Gasteiger partial charge on any atom is -0.377 e. The van der Waals surface area contributed by atoms with Crippen LogP contribution in [0.4, 0.5) is 0 Å². The third-order valence-corrected chi connectivity index (χ3v) is 16.9. The Bertz CT molecular complexity index is 1330. The summed E-state index contributed by atoms with van der Waals surface area (Å²) in [6, 6.07) is 20.0. The lowest BCUT2D eigenvalue weighted by atomic mass is 9.47. The second kappa shape index (κ2) is 14.1. The summed E-state index contributed by atoms with van der Waals surface area (Å²) in [5.41, 5.74) is 2.58. The molecule has 46 heavy (non-hydrogen) atoms. The Labute approximate surface area is 281 Å². The van der Waals surface area contributed by atoms with Gasteiger partial charge in [0, 0.05) is 17.2 Å². The van der Waals surface area contributed by atoms with E-state index in [1.165, 1.54) is 57.8 Å². The fraction of sp³-hybridized carbons (Fsp3) is 0.667. The van der Waals surface area contributed by atoms with Crippen LogP contribution in [0.15, 0.2) is 72.3 Å². The van der Waals surface area contributed by atoms with Crippen LogP contribution in [0.2, 0.25) is 0 Å². The maximum absolute atomic E-state index is 14.7. The molecule has 3 unspecified atom stereocenters. The van der Waals surface area contributed by atoms with E-state index in [9.17, 15) is 4.57 Å². The molecular formula is C42H62NO2P. The van der Waals surface area contributed by atoms with Gasteiger partial charge in [0.15, 0.2) is 0 Å². The summed E-state index contributed by atoms with van der Waals surface area (Å²) in [6.07, 6.45) is 17.7. The van der Waals surface area contributed by atoms with E-state index in [2.05, 4.69) is 40.7 Å². The molecule has 6 rings (SSSR count). The molecule has 0 radical (unpaired) electrons. The van der Waals surface area contributed by atoms with Crippen molar-refractivity contribution in [2.75, 3.05) is 20.2 Å². The average Bonchev–Trinajstić information content (AvgIpc) is 3.42. The Hall–Kier alpha value is -1.67. The van der Waals surface area contributed by atoms with Crippen molar-refractivity contribution >= 4 is 17.9 Å². The number of hydrogen-bond acceptors (Lipinski definition) is 2. The first-order valence-corrected chi connectivity index (χ1v) is 20.5. The molecular weight excluding hydrogens is 581 g/mol. The van der Waals surface area contributed by atoms with E-state index >= 15 is 0 Å². The van der Waals surface area contributed by atoms with Crippen molar-refractivity contribution in [3.8, 4) is 0 Å². The van der Waals surface area contributed by atoms with E-state index in [1.54, 1.807) is 5.57 Å². The molecule has 4 aliphatic rings. The Morgan fingerprint density at radius 3 is 2.20 bits per heavy atom. The number of nitrogens with zero attached hydrogens (tertiary/aromatic N) is 1. The molecule has 0 N–H and O–H groups in total. The Morgan fingerprint density at radius 1 is 0.870 bits per heavy atom. The highest BCUT2D eigenvalue weighted by atomic mass is 31.2. The van der Waals surface area contributed by atoms with Crippen molar-refractivity contribution in [3.63, 3.8) is 0 Å². The summed E-state index contributed by atoms with van der Waals surface area (Å²) in [5.74, 6) is 5.25. The van der Waals surface area contributed by atoms with Crippen LogP contribution < -0.4 is 10.6 Å². The molecule has 252 valence electrons. The molecule has 2 aromatic carbocycles. The van der Waals surface area contributed by atoms with E-state index in [0.717, 1.165) is 59.0 Å². The van der Waals surface area contributed by atoms with Crippen molar-refractivity contribution < 1.29 is 9.30 Å². The molecule has 3 nitrogen and oxygen atoms in total. The van der Waals surface area contributed by atoms with Gasteiger partial charge < -0.3 is 4.74 Å². The molecule has 0 amide bonds. The SMILES string of the molecule is CC(C)CCC[C@@H](C)[C@H]1CCC2C3CC=C4C[C@@H](OCCN(C)P(=O)(c5ccccc5)c5ccccc5)CC[C@]4(C)C3CC[C@@]21C. The lowest BCUT2D eigenvalue weighted by Gasteiger charge is -2.58. The number of rotatable bonds is 12. The van der Waals surface area contributed by atoms with Crippen LogP contribution in [-0.2, 0) is 9.30 Å². The van der Waals surface area contributed by atoms with Crippen LogP contribution in [0.25, 0.3) is 0 Å². The Kier molecular flexibility index (Phi) is 10.4. The summed E-state index contributed by atoms with van der Waals surface area (Å²) in [5, 5.41) is 1.77. The summed E-state index contributed by atoms with van der Waals surface area (Å²) < 4.78 is 23.3. The van der Waals surface area contributed by atoms with Gasteiger partial charge in [-0.3, -0.25) is 4.57 Å². The molecule has 8 atom stereocenters. The molecule has 3 saturated carbocycles. The fourth-order valence-corrected chi connectivity index (χ4v) is 13.7. The number of ether oxygens (including phenoxy) is 1. The molecule has 0 aliphatic heterocycles. The topological polar surface area (TPSA) is 29.5 Å². The molecule has 4 heteroatoms. The number of likely N-dealkylation sites (N-methyl/N-ethyl adjacent to an activating group) is 1. The zero-order valence-electron chi connectivity index (χ0n) is 29.8. The minimum atomic E-state index is -2.93. The smallest absolute Gasteiger partial charge is 0.207 e. The molecule has 0 heterocycles. The van der Waals surface area contributed by atoms with Gasteiger partial charge in [-0.05, 0) is 129 Å². The maximum Gasteiger partial charge on any atom is 0.207 e. The average molecular weight is 644 g/mol. The molecule has 0 spiro atoms. The number of allylic oxidation sites excluding steroid dienone is 1. The quantitative estimate of drug-likeness (QED) is 0.170. The van der Waals surface area contributed by atoms with E-state index in [4.69, 9.17) is 4.74 Å². The summed E-state index contributed by atoms with van der Waals surface area (Å²) >= 11 is 0. The van der Waals surface area contributed by atoms with Crippen molar-refractivity contribution in [3.05, 3.63) is 72.3 Å². The highest BCUT2D eigenvalue weighted by Gasteiger charge is 2.59. The lowest BCUT2D eigenvalue weighted by Crippen LogP contribution is -2.51. The van der Waals surface area contributed by atoms with Crippen LogP contribution in [-0.4, -0.2) is 31.0 Å². The fourth-order valence-electron chi connectivity index (χ4n) is 11.1. The molecule has 0 aromatic heterocycles. The molecule has 2 aromatic rings. The minimum absolute atomic E-state index is 0.272. The van der Waals surface area contributed by atoms with Gasteiger partial charge in [-0.15, -0.1) is 0 Å². The van der Waals surface area contributed by atoms with Gasteiger partial charge in [0.05, 0.1) is 12.7 Å². The Balaban J connectivity index is 1.07. The van der Waals surface area contributed by atoms with Gasteiger partial charge in [0.2, 0.25) is 7.29 Å². The molecule has 4 aliphatic carbocycles. The Morgan fingerprint density at radius 2 is 1.54 bits per heavy atom. The monoisotopic (exact) mass is 643 g/mol. The highest BCUT2D eigenvalue weighted by molar-refractivity contribution is 7.76. The first-order chi connectivity index (χ1) is 22.1. The van der Waals surface area contributed by atoms with Gasteiger partial charge >= 0.3 is 0 Å². The van der Waals surface area contributed by atoms with Gasteiger partial charge in [-0.1, -0.05) is 102 Å². The molecule has 0 bridgehead atoms. The zero-order valence-corrected chi connectivity index (χ0v) is 30.7. The number of benzene rings is 2. The van der Waals surface area contributed by atoms with Crippen LogP contribution in [0.5, 0.6) is 0 Å². The second-order valence-corrected chi connectivity index (χ2v) is 19.5. The number of hydrogen-bond donors (Lipinski definition) is 0. The van der Waals surface area contributed by atoms with Crippen molar-refractivity contribution in [1.82, 2.24) is 4.67 Å². The van der Waals surface area contributed by atoms with Crippen LogP contribution >= 0.6 is 7.29 Å². The highest BCUT2D eigenvalue weighted by Crippen LogP contribution is 2.67. The normalized spacial score (nSPS) is 33.3. The van der Waals surface area contributed by atoms with Gasteiger partial charge in [0.1, 0.15) is 0 Å². The van der Waals surface area contributed by atoms with Crippen LogP contribution in [0.1, 0.15) is 105 Å². The van der Waals surface area contributed by atoms with Crippen LogP contribution in [0, 0.1) is 46.3 Å². The lowest BCUT2D eigenvalue weighted by molar-refractivity contribution is -0.0641. The van der Waals surface area contributed by atoms with Gasteiger partial charge in [0.25, 0.3) is 0 Å².